The molecule has 0 saturated carbocycles. The Morgan fingerprint density at radius 1 is 0.977 bits per heavy atom. The highest BCUT2D eigenvalue weighted by Gasteiger charge is 2.51. The largest absolute Gasteiger partial charge is 0.471 e. The zero-order valence-corrected chi connectivity index (χ0v) is 26.7. The third kappa shape index (κ3) is 10.6. The van der Waals surface area contributed by atoms with Gasteiger partial charge in [-0.15, -0.1) is 0 Å². The molecule has 2 aromatic rings. The molecule has 0 aliphatic carbocycles. The molecule has 1 aromatic heterocycles. The maximum absolute atomic E-state index is 12.9. The summed E-state index contributed by atoms with van der Waals surface area (Å²) in [4.78, 5) is 53.1. The number of benzene rings is 1. The number of nitrogens with one attached hydrogen (secondary N) is 3. The topological polar surface area (TPSA) is 165 Å². The molecule has 0 bridgehead atoms. The van der Waals surface area contributed by atoms with Crippen LogP contribution in [-0.2, 0) is 38.4 Å². The lowest BCUT2D eigenvalue weighted by atomic mass is 9.90. The molecule has 5 N–H and O–H groups in total. The number of carbonyl (C=O) groups excluding carboxylic acids is 4. The molecule has 1 atom stereocenters. The van der Waals surface area contributed by atoms with E-state index in [2.05, 4.69) is 20.9 Å². The van der Waals surface area contributed by atoms with Gasteiger partial charge in [-0.25, -0.2) is 14.6 Å². The van der Waals surface area contributed by atoms with E-state index in [1.807, 2.05) is 0 Å². The fourth-order valence-corrected chi connectivity index (χ4v) is 4.89. The first-order valence-corrected chi connectivity index (χ1v) is 14.3. The second-order valence-corrected chi connectivity index (χ2v) is 13.2. The summed E-state index contributed by atoms with van der Waals surface area (Å²) in [5.74, 6) is -4.38. The minimum Gasteiger partial charge on any atom is -0.387 e. The summed E-state index contributed by atoms with van der Waals surface area (Å²) in [6.07, 6.45) is -6.35. The smallest absolute Gasteiger partial charge is 0.387 e. The molecule has 44 heavy (non-hydrogen) atoms. The van der Waals surface area contributed by atoms with Crippen LogP contribution in [0, 0.1) is 5.41 Å². The molecule has 1 unspecified atom stereocenters. The Kier molecular flexibility index (Phi) is 11.2. The number of aryl methyl sites for hydroxylation is 2. The van der Waals surface area contributed by atoms with Crippen molar-refractivity contribution in [3.63, 3.8) is 0 Å². The zero-order chi connectivity index (χ0) is 33.7. The van der Waals surface area contributed by atoms with Crippen molar-refractivity contribution in [1.82, 2.24) is 15.2 Å². The predicted octanol–water partition coefficient (Wildman–Crippen LogP) is 5.14. The average Bonchev–Trinajstić information content (AvgIpc) is 3.19. The Bertz CT molecular complexity index is 1350. The number of aromatic nitrogens is 1. The summed E-state index contributed by atoms with van der Waals surface area (Å²) in [6, 6.07) is 6.81. The van der Waals surface area contributed by atoms with Gasteiger partial charge in [0.25, 0.3) is 0 Å². The van der Waals surface area contributed by atoms with E-state index >= 15 is 0 Å². The number of alkyl halides is 3. The molecule has 0 aliphatic heterocycles. The van der Waals surface area contributed by atoms with Crippen LogP contribution in [0.5, 0.6) is 0 Å². The lowest BCUT2D eigenvalue weighted by molar-refractivity contribution is -0.202. The van der Waals surface area contributed by atoms with Crippen LogP contribution in [0.3, 0.4) is 0 Å². The molecule has 244 valence electrons. The minimum atomic E-state index is -5.02. The van der Waals surface area contributed by atoms with Gasteiger partial charge < -0.3 is 36.1 Å². The molecule has 2 rings (SSSR count). The van der Waals surface area contributed by atoms with E-state index in [0.29, 0.717) is 34.0 Å². The van der Waals surface area contributed by atoms with E-state index in [4.69, 9.17) is 15.2 Å². The van der Waals surface area contributed by atoms with Crippen LogP contribution in [0.2, 0.25) is 0 Å². The molecule has 0 spiro atoms. The molecule has 1 heterocycles. The number of thiazole rings is 1. The number of anilines is 2. The number of carbonyl (C=O) groups is 4. The average molecular weight is 645 g/mol. The van der Waals surface area contributed by atoms with Gasteiger partial charge in [-0.2, -0.15) is 13.2 Å². The number of ether oxygens (including phenoxy) is 2. The third-order valence-corrected chi connectivity index (χ3v) is 6.89. The molecular weight excluding hydrogens is 605 g/mol. The van der Waals surface area contributed by atoms with Crippen LogP contribution >= 0.6 is 11.3 Å². The standard InChI is InChI=1S/C28H39F3N6O6S/c1-16(38)33-23-34-19(20(44-23)15-37(8)21(39)27(29,30)31)14-11-17-9-12-18(13-10-17)35-28(25(2,3)4,42-22(32)40)43-24(41)36-26(5,6)7/h9-10,12-13,35H,11,14-15H2,1-8H3,(H2,32,40)(H,36,41)(H,33,34,38). The Hall–Kier alpha value is -4.08. The monoisotopic (exact) mass is 644 g/mol. The van der Waals surface area contributed by atoms with Crippen molar-refractivity contribution in [2.75, 3.05) is 17.7 Å². The van der Waals surface area contributed by atoms with E-state index in [-0.39, 0.29) is 11.7 Å². The maximum atomic E-state index is 12.9. The normalized spacial score (nSPS) is 13.3. The zero-order valence-electron chi connectivity index (χ0n) is 25.9. The summed E-state index contributed by atoms with van der Waals surface area (Å²) in [6.45, 7) is 11.2. The van der Waals surface area contributed by atoms with Crippen LogP contribution in [0.4, 0.5) is 33.6 Å². The molecule has 0 aliphatic rings. The van der Waals surface area contributed by atoms with Crippen molar-refractivity contribution in [1.29, 1.82) is 0 Å². The van der Waals surface area contributed by atoms with Crippen LogP contribution in [0.1, 0.15) is 64.6 Å². The lowest BCUT2D eigenvalue weighted by Gasteiger charge is -2.42. The van der Waals surface area contributed by atoms with Gasteiger partial charge in [-0.05, 0) is 51.3 Å². The number of hydrogen-bond donors (Lipinski definition) is 4. The third-order valence-electron chi connectivity index (χ3n) is 5.89. The van der Waals surface area contributed by atoms with E-state index in [1.165, 1.54) is 6.92 Å². The molecule has 0 saturated heterocycles. The van der Waals surface area contributed by atoms with E-state index < -0.39 is 47.0 Å². The van der Waals surface area contributed by atoms with E-state index in [0.717, 1.165) is 23.9 Å². The van der Waals surface area contributed by atoms with Crippen molar-refractivity contribution in [3.05, 3.63) is 40.4 Å². The van der Waals surface area contributed by atoms with Crippen LogP contribution in [0.25, 0.3) is 0 Å². The van der Waals surface area contributed by atoms with Crippen molar-refractivity contribution < 1.29 is 41.8 Å². The van der Waals surface area contributed by atoms with E-state index in [9.17, 15) is 32.3 Å². The summed E-state index contributed by atoms with van der Waals surface area (Å²) in [5.41, 5.74) is 5.36. The second-order valence-electron chi connectivity index (χ2n) is 12.1. The Balaban J connectivity index is 2.28. The van der Waals surface area contributed by atoms with Gasteiger partial charge in [0.15, 0.2) is 5.13 Å². The number of amides is 4. The number of nitrogens with two attached hydrogens (primary N) is 1. The highest BCUT2D eigenvalue weighted by Crippen LogP contribution is 2.37. The minimum absolute atomic E-state index is 0.207. The quantitative estimate of drug-likeness (QED) is 0.258. The second kappa shape index (κ2) is 13.7. The molecule has 12 nitrogen and oxygen atoms in total. The Morgan fingerprint density at radius 2 is 1.57 bits per heavy atom. The highest BCUT2D eigenvalue weighted by molar-refractivity contribution is 7.15. The fraction of sp³-hybridized carbons (Fsp3) is 0.536. The first-order valence-electron chi connectivity index (χ1n) is 13.5. The van der Waals surface area contributed by atoms with Gasteiger partial charge in [0.1, 0.15) is 0 Å². The molecule has 1 aromatic carbocycles. The number of nitrogens with zero attached hydrogens (tertiary/aromatic N) is 2. The van der Waals surface area contributed by atoms with Crippen molar-refractivity contribution in [2.24, 2.45) is 11.1 Å². The van der Waals surface area contributed by atoms with Gasteiger partial charge in [0, 0.05) is 30.1 Å². The van der Waals surface area contributed by atoms with Gasteiger partial charge in [0.2, 0.25) is 5.91 Å². The van der Waals surface area contributed by atoms with E-state index in [1.54, 1.807) is 65.8 Å². The number of halogens is 3. The number of hydrogen-bond acceptors (Lipinski definition) is 9. The van der Waals surface area contributed by atoms with Crippen LogP contribution < -0.4 is 21.7 Å². The van der Waals surface area contributed by atoms with Gasteiger partial charge in [-0.3, -0.25) is 9.59 Å². The van der Waals surface area contributed by atoms with Gasteiger partial charge in [0.05, 0.1) is 17.7 Å². The first-order chi connectivity index (χ1) is 20.0. The lowest BCUT2D eigenvalue weighted by Crippen LogP contribution is -2.59. The Morgan fingerprint density at radius 3 is 2.05 bits per heavy atom. The fourth-order valence-electron chi connectivity index (χ4n) is 3.79. The molecule has 0 fully saturated rings. The number of alkyl carbamates (subject to hydrolysis) is 1. The summed E-state index contributed by atoms with van der Waals surface area (Å²) in [5, 5.41) is 8.35. The van der Waals surface area contributed by atoms with Crippen LogP contribution in [0.15, 0.2) is 24.3 Å². The summed E-state index contributed by atoms with van der Waals surface area (Å²) < 4.78 is 49.7. The highest BCUT2D eigenvalue weighted by atomic mass is 32.1. The molecule has 0 radical (unpaired) electrons. The maximum Gasteiger partial charge on any atom is 0.471 e. The van der Waals surface area contributed by atoms with Crippen molar-refractivity contribution in [3.8, 4) is 0 Å². The predicted molar refractivity (Wildman–Crippen MR) is 159 cm³/mol. The van der Waals surface area contributed by atoms with Crippen molar-refractivity contribution >= 4 is 46.2 Å². The van der Waals surface area contributed by atoms with Crippen LogP contribution in [-0.4, -0.2) is 58.6 Å². The SMILES string of the molecule is CC(=O)Nc1nc(CCc2ccc(NC(OC(N)=O)(OC(=O)NC(C)(C)C)C(C)(C)C)cc2)c(CN(C)C(=O)C(F)(F)F)s1. The summed E-state index contributed by atoms with van der Waals surface area (Å²) in [7, 11) is 1.04. The molecule has 16 heteroatoms. The number of rotatable bonds is 10. The molecular formula is C28H39F3N6O6S. The van der Waals surface area contributed by atoms with Crippen molar-refractivity contribution in [2.45, 2.75) is 85.5 Å². The van der Waals surface area contributed by atoms with Gasteiger partial charge >= 0.3 is 30.2 Å². The first kappa shape index (κ1) is 36.1. The Labute approximate surface area is 257 Å². The summed E-state index contributed by atoms with van der Waals surface area (Å²) >= 11 is 0.991. The van der Waals surface area contributed by atoms with Gasteiger partial charge in [-0.1, -0.05) is 44.2 Å². The number of primary amides is 1. The molecule has 4 amide bonds.